The zero-order valence-corrected chi connectivity index (χ0v) is 19.5. The quantitative estimate of drug-likeness (QED) is 0.218. The molecule has 5 nitrogen and oxygen atoms in total. The Hall–Kier alpha value is -3.61. The largest absolute Gasteiger partial charge is 0.383 e. The van der Waals surface area contributed by atoms with E-state index in [0.717, 1.165) is 33.9 Å². The van der Waals surface area contributed by atoms with Gasteiger partial charge in [-0.05, 0) is 59.8 Å². The van der Waals surface area contributed by atoms with Crippen LogP contribution in [0.25, 0.3) is 0 Å². The van der Waals surface area contributed by atoms with Crippen molar-refractivity contribution < 1.29 is 4.79 Å². The summed E-state index contributed by atoms with van der Waals surface area (Å²) in [5.41, 5.74) is 10.3. The van der Waals surface area contributed by atoms with E-state index >= 15 is 0 Å². The molecule has 0 aliphatic rings. The van der Waals surface area contributed by atoms with Gasteiger partial charge in [-0.2, -0.15) is 0 Å². The minimum atomic E-state index is -0.103. The molecular weight excluding hydrogens is 452 g/mol. The van der Waals surface area contributed by atoms with Crippen molar-refractivity contribution in [3.05, 3.63) is 112 Å². The minimum Gasteiger partial charge on any atom is -0.383 e. The molecule has 1 amide bonds. The molecule has 3 aromatic carbocycles. The highest BCUT2D eigenvalue weighted by molar-refractivity contribution is 7.12. The van der Waals surface area contributed by atoms with Crippen LogP contribution in [0.4, 0.5) is 17.1 Å². The highest BCUT2D eigenvalue weighted by Crippen LogP contribution is 2.21. The first-order valence-electron chi connectivity index (χ1n) is 10.4. The number of rotatable bonds is 8. The van der Waals surface area contributed by atoms with Crippen LogP contribution in [0.15, 0.2) is 101 Å². The number of nitrogens with one attached hydrogen (secondary N) is 2. The van der Waals surface area contributed by atoms with Crippen molar-refractivity contribution in [2.75, 3.05) is 11.9 Å². The van der Waals surface area contributed by atoms with E-state index in [2.05, 4.69) is 15.6 Å². The Bertz CT molecular complexity index is 1190. The summed E-state index contributed by atoms with van der Waals surface area (Å²) in [5, 5.41) is 8.30. The second-order valence-corrected chi connectivity index (χ2v) is 8.13. The molecule has 0 spiro atoms. The van der Waals surface area contributed by atoms with Crippen LogP contribution in [0.5, 0.6) is 0 Å². The van der Waals surface area contributed by atoms with Gasteiger partial charge in [0.1, 0.15) is 5.84 Å². The van der Waals surface area contributed by atoms with Gasteiger partial charge in [-0.3, -0.25) is 4.79 Å². The molecule has 0 saturated carbocycles. The van der Waals surface area contributed by atoms with Crippen molar-refractivity contribution in [1.29, 1.82) is 0 Å². The van der Waals surface area contributed by atoms with Gasteiger partial charge >= 0.3 is 0 Å². The summed E-state index contributed by atoms with van der Waals surface area (Å²) in [6.45, 7) is 0.540. The van der Waals surface area contributed by atoms with Gasteiger partial charge in [-0.1, -0.05) is 48.5 Å². The van der Waals surface area contributed by atoms with E-state index < -0.39 is 0 Å². The predicted octanol–water partition coefficient (Wildman–Crippen LogP) is 5.92. The summed E-state index contributed by atoms with van der Waals surface area (Å²) in [6, 6.07) is 29.1. The van der Waals surface area contributed by atoms with Gasteiger partial charge in [0.2, 0.25) is 0 Å². The first-order chi connectivity index (χ1) is 15.7. The molecular formula is C26H25ClN4OS. The van der Waals surface area contributed by atoms with Gasteiger partial charge in [0, 0.05) is 12.2 Å². The topological polar surface area (TPSA) is 79.5 Å². The molecule has 0 bridgehead atoms. The number of carbonyl (C=O) groups excluding carboxylic acids is 1. The molecule has 1 aromatic heterocycles. The van der Waals surface area contributed by atoms with E-state index in [4.69, 9.17) is 5.73 Å². The summed E-state index contributed by atoms with van der Waals surface area (Å²) in [4.78, 5) is 18.2. The van der Waals surface area contributed by atoms with Gasteiger partial charge in [-0.15, -0.1) is 23.7 Å². The zero-order chi connectivity index (χ0) is 22.2. The number of carbonyl (C=O) groups is 1. The fourth-order valence-electron chi connectivity index (χ4n) is 3.24. The first-order valence-corrected chi connectivity index (χ1v) is 11.2. The Balaban J connectivity index is 0.00000306. The summed E-state index contributed by atoms with van der Waals surface area (Å²) < 4.78 is 0. The highest BCUT2D eigenvalue weighted by atomic mass is 35.5. The average molecular weight is 477 g/mol. The predicted molar refractivity (Wildman–Crippen MR) is 141 cm³/mol. The molecule has 4 rings (SSSR count). The van der Waals surface area contributed by atoms with Crippen LogP contribution in [0, 0.1) is 0 Å². The lowest BCUT2D eigenvalue weighted by molar-refractivity contribution is 0.0955. The van der Waals surface area contributed by atoms with Crippen LogP contribution in [-0.2, 0) is 6.42 Å². The number of amides is 1. The number of aliphatic imine (C=N–C) groups is 1. The Morgan fingerprint density at radius 3 is 2.33 bits per heavy atom. The maximum atomic E-state index is 12.8. The van der Waals surface area contributed by atoms with E-state index in [1.54, 1.807) is 11.3 Å². The number of benzene rings is 3. The smallest absolute Gasteiger partial charge is 0.253 e. The maximum absolute atomic E-state index is 12.8. The normalized spacial score (nSPS) is 10.8. The Kier molecular flexibility index (Phi) is 8.63. The third-order valence-electron chi connectivity index (χ3n) is 4.88. The van der Waals surface area contributed by atoms with Crippen molar-refractivity contribution >= 4 is 52.5 Å². The first kappa shape index (κ1) is 24.0. The third kappa shape index (κ3) is 6.68. The molecule has 168 valence electrons. The van der Waals surface area contributed by atoms with Gasteiger partial charge < -0.3 is 16.4 Å². The summed E-state index contributed by atoms with van der Waals surface area (Å²) in [5.74, 6) is 0.414. The lowest BCUT2D eigenvalue weighted by Crippen LogP contribution is -2.26. The number of anilines is 2. The fourth-order valence-corrected chi connectivity index (χ4v) is 3.87. The van der Waals surface area contributed by atoms with E-state index in [-0.39, 0.29) is 18.3 Å². The fraction of sp³-hybridized carbons (Fsp3) is 0.0769. The number of nitrogens with two attached hydrogens (primary N) is 1. The van der Waals surface area contributed by atoms with Gasteiger partial charge in [0.25, 0.3) is 5.91 Å². The Morgan fingerprint density at radius 2 is 1.61 bits per heavy atom. The lowest BCUT2D eigenvalue weighted by atomic mass is 10.1. The van der Waals surface area contributed by atoms with Crippen LogP contribution in [0.1, 0.15) is 20.8 Å². The van der Waals surface area contributed by atoms with Gasteiger partial charge in [-0.25, -0.2) is 4.99 Å². The van der Waals surface area contributed by atoms with E-state index in [1.807, 2.05) is 96.4 Å². The average Bonchev–Trinajstić information content (AvgIpc) is 3.36. The molecule has 0 aliphatic carbocycles. The summed E-state index contributed by atoms with van der Waals surface area (Å²) >= 11 is 1.57. The SMILES string of the molecule is Cl.N/C(=N\c1ccc(CCNC(=O)c2ccccc2Nc2ccccc2)cc1)c1cccs1. The second-order valence-electron chi connectivity index (χ2n) is 7.18. The van der Waals surface area contributed by atoms with Crippen LogP contribution < -0.4 is 16.4 Å². The number of para-hydroxylation sites is 2. The Labute approximate surface area is 203 Å². The van der Waals surface area contributed by atoms with Crippen molar-refractivity contribution in [3.63, 3.8) is 0 Å². The van der Waals surface area contributed by atoms with E-state index in [1.165, 1.54) is 0 Å². The molecule has 0 atom stereocenters. The molecule has 0 aliphatic heterocycles. The Morgan fingerprint density at radius 1 is 0.879 bits per heavy atom. The van der Waals surface area contributed by atoms with Crippen LogP contribution in [0.3, 0.4) is 0 Å². The summed E-state index contributed by atoms with van der Waals surface area (Å²) in [7, 11) is 0. The number of halogens is 1. The standard InChI is InChI=1S/C26H24N4OS.ClH/c27-25(24-11-6-18-32-24)30-21-14-12-19(13-15-21)16-17-28-26(31)22-9-4-5-10-23(22)29-20-7-2-1-3-8-20;/h1-15,18,29H,16-17H2,(H2,27,30)(H,28,31);1H. The summed E-state index contributed by atoms with van der Waals surface area (Å²) in [6.07, 6.45) is 0.727. The van der Waals surface area contributed by atoms with E-state index in [0.29, 0.717) is 17.9 Å². The molecule has 0 saturated heterocycles. The van der Waals surface area contributed by atoms with Crippen molar-refractivity contribution in [2.24, 2.45) is 10.7 Å². The number of hydrogen-bond acceptors (Lipinski definition) is 4. The molecule has 0 radical (unpaired) electrons. The van der Waals surface area contributed by atoms with Gasteiger partial charge in [0.05, 0.1) is 21.8 Å². The number of amidine groups is 1. The van der Waals surface area contributed by atoms with Gasteiger partial charge in [0.15, 0.2) is 0 Å². The molecule has 0 fully saturated rings. The minimum absolute atomic E-state index is 0. The van der Waals surface area contributed by atoms with E-state index in [9.17, 15) is 4.79 Å². The van der Waals surface area contributed by atoms with Crippen molar-refractivity contribution in [3.8, 4) is 0 Å². The van der Waals surface area contributed by atoms with Crippen LogP contribution in [-0.4, -0.2) is 18.3 Å². The second kappa shape index (κ2) is 11.9. The number of thiophene rings is 1. The van der Waals surface area contributed by atoms with Crippen molar-refractivity contribution in [2.45, 2.75) is 6.42 Å². The molecule has 33 heavy (non-hydrogen) atoms. The number of nitrogens with zero attached hydrogens (tertiary/aromatic N) is 1. The zero-order valence-electron chi connectivity index (χ0n) is 17.9. The molecule has 4 N–H and O–H groups in total. The third-order valence-corrected chi connectivity index (χ3v) is 5.78. The lowest BCUT2D eigenvalue weighted by Gasteiger charge is -2.12. The number of hydrogen-bond donors (Lipinski definition) is 3. The molecule has 1 heterocycles. The monoisotopic (exact) mass is 476 g/mol. The maximum Gasteiger partial charge on any atom is 0.253 e. The highest BCUT2D eigenvalue weighted by Gasteiger charge is 2.10. The van der Waals surface area contributed by atoms with Crippen LogP contribution in [0.2, 0.25) is 0 Å². The molecule has 7 heteroatoms. The molecule has 4 aromatic rings. The van der Waals surface area contributed by atoms with Crippen LogP contribution >= 0.6 is 23.7 Å². The molecule has 0 unspecified atom stereocenters. The van der Waals surface area contributed by atoms with Crippen molar-refractivity contribution in [1.82, 2.24) is 5.32 Å².